The predicted octanol–water partition coefficient (Wildman–Crippen LogP) is 4.86. The van der Waals surface area contributed by atoms with Crippen LogP contribution in [0.1, 0.15) is 62.5 Å². The van der Waals surface area contributed by atoms with Crippen LogP contribution in [0.4, 0.5) is 0 Å². The zero-order valence-electron chi connectivity index (χ0n) is 13.1. The average Bonchev–Trinajstić information content (AvgIpc) is 2.86. The van der Waals surface area contributed by atoms with Gasteiger partial charge in [0.15, 0.2) is 0 Å². The molecule has 2 nitrogen and oxygen atoms in total. The summed E-state index contributed by atoms with van der Waals surface area (Å²) >= 11 is 6.16. The first-order valence-corrected chi connectivity index (χ1v) is 8.99. The van der Waals surface area contributed by atoms with Gasteiger partial charge in [0.1, 0.15) is 11.5 Å². The Balaban J connectivity index is 1.74. The Bertz CT molecular complexity index is 639. The number of hydrogen-bond donors (Lipinski definition) is 1. The van der Waals surface area contributed by atoms with E-state index in [0.29, 0.717) is 28.6 Å². The van der Waals surface area contributed by atoms with E-state index >= 15 is 0 Å². The van der Waals surface area contributed by atoms with Gasteiger partial charge >= 0.3 is 0 Å². The lowest BCUT2D eigenvalue weighted by Crippen LogP contribution is -2.44. The first-order chi connectivity index (χ1) is 10.6. The topological polar surface area (TPSA) is 37.3 Å². The fraction of sp³-hybridized carbons (Fsp3) is 0.632. The number of carbonyl (C=O) groups excluding carboxylic acids is 1. The minimum absolute atomic E-state index is 0.0284. The van der Waals surface area contributed by atoms with Crippen molar-refractivity contribution in [2.24, 2.45) is 17.3 Å². The highest BCUT2D eigenvalue weighted by atomic mass is 35.5. The maximum absolute atomic E-state index is 12.5. The lowest BCUT2D eigenvalue weighted by atomic mass is 9.54. The molecule has 0 aromatic heterocycles. The van der Waals surface area contributed by atoms with Gasteiger partial charge in [0, 0.05) is 11.8 Å². The zero-order valence-corrected chi connectivity index (χ0v) is 13.8. The van der Waals surface area contributed by atoms with Gasteiger partial charge in [-0.3, -0.25) is 4.79 Å². The largest absolute Gasteiger partial charge is 0.506 e. The van der Waals surface area contributed by atoms with E-state index in [4.69, 9.17) is 11.6 Å². The van der Waals surface area contributed by atoms with Crippen molar-refractivity contribution in [3.8, 4) is 5.75 Å². The number of aryl methyl sites for hydroxylation is 1. The molecule has 22 heavy (non-hydrogen) atoms. The fourth-order valence-corrected chi connectivity index (χ4v) is 5.98. The molecule has 0 amide bonds. The molecule has 0 radical (unpaired) electrons. The van der Waals surface area contributed by atoms with Crippen LogP contribution in [-0.4, -0.2) is 10.9 Å². The third kappa shape index (κ3) is 1.83. The number of fused-ring (bicyclic) bond motifs is 5. The lowest BCUT2D eigenvalue weighted by Gasteiger charge is -2.49. The van der Waals surface area contributed by atoms with Gasteiger partial charge in [0.05, 0.1) is 5.02 Å². The van der Waals surface area contributed by atoms with E-state index in [1.807, 2.05) is 12.1 Å². The van der Waals surface area contributed by atoms with E-state index in [-0.39, 0.29) is 11.2 Å². The summed E-state index contributed by atoms with van der Waals surface area (Å²) in [6.45, 7) is 2.20. The summed E-state index contributed by atoms with van der Waals surface area (Å²) in [4.78, 5) is 12.5. The van der Waals surface area contributed by atoms with Crippen LogP contribution in [0.25, 0.3) is 0 Å². The number of phenols is 1. The van der Waals surface area contributed by atoms with Crippen molar-refractivity contribution in [3.63, 3.8) is 0 Å². The van der Waals surface area contributed by atoms with Gasteiger partial charge in [-0.25, -0.2) is 0 Å². The van der Waals surface area contributed by atoms with Crippen LogP contribution in [-0.2, 0) is 11.2 Å². The van der Waals surface area contributed by atoms with Gasteiger partial charge in [-0.05, 0) is 79.5 Å². The third-order valence-corrected chi connectivity index (χ3v) is 7.17. The molecule has 1 N–H and O–H groups in total. The Morgan fingerprint density at radius 1 is 1.27 bits per heavy atom. The number of rotatable bonds is 1. The second-order valence-electron chi connectivity index (χ2n) is 7.43. The minimum atomic E-state index is -0.0284. The van der Waals surface area contributed by atoms with E-state index in [1.54, 1.807) is 0 Å². The van der Waals surface area contributed by atoms with Gasteiger partial charge in [0.25, 0.3) is 0 Å². The van der Waals surface area contributed by atoms with Gasteiger partial charge in [-0.1, -0.05) is 18.5 Å². The molecular formula is C19H23ClO2. The number of Topliss-reactive ketones (excluding diaryl/α,β-unsaturated/α-hetero) is 1. The van der Waals surface area contributed by atoms with Crippen LogP contribution in [0, 0.1) is 17.3 Å². The molecule has 0 saturated heterocycles. The quantitative estimate of drug-likeness (QED) is 0.802. The number of hydrogen-bond acceptors (Lipinski definition) is 2. The molecule has 0 aliphatic heterocycles. The van der Waals surface area contributed by atoms with Crippen molar-refractivity contribution in [1.29, 1.82) is 0 Å². The molecule has 4 rings (SSSR count). The molecule has 3 aliphatic rings. The number of halogens is 1. The second-order valence-corrected chi connectivity index (χ2v) is 7.84. The van der Waals surface area contributed by atoms with Crippen molar-refractivity contribution in [2.45, 2.75) is 57.8 Å². The van der Waals surface area contributed by atoms with Crippen molar-refractivity contribution < 1.29 is 9.90 Å². The molecule has 3 unspecified atom stereocenters. The van der Waals surface area contributed by atoms with Crippen LogP contribution in [0.5, 0.6) is 5.75 Å². The van der Waals surface area contributed by atoms with Crippen LogP contribution in [0.2, 0.25) is 5.02 Å². The maximum Gasteiger partial charge on any atom is 0.139 e. The predicted molar refractivity (Wildman–Crippen MR) is 87.4 cm³/mol. The van der Waals surface area contributed by atoms with Gasteiger partial charge < -0.3 is 5.11 Å². The number of ketones is 1. The second kappa shape index (κ2) is 4.99. The van der Waals surface area contributed by atoms with E-state index in [1.165, 1.54) is 11.1 Å². The summed E-state index contributed by atoms with van der Waals surface area (Å²) in [6.07, 6.45) is 7.15. The monoisotopic (exact) mass is 318 g/mol. The maximum atomic E-state index is 12.5. The average molecular weight is 319 g/mol. The Labute approximate surface area is 136 Å². The molecule has 118 valence electrons. The Morgan fingerprint density at radius 3 is 2.86 bits per heavy atom. The molecule has 3 aliphatic carbocycles. The summed E-state index contributed by atoms with van der Waals surface area (Å²) in [5.41, 5.74) is 2.57. The summed E-state index contributed by atoms with van der Waals surface area (Å²) in [5, 5.41) is 10.3. The van der Waals surface area contributed by atoms with E-state index in [0.717, 1.165) is 44.9 Å². The number of carbonyl (C=O) groups is 1. The van der Waals surface area contributed by atoms with Crippen molar-refractivity contribution in [2.75, 3.05) is 0 Å². The molecule has 2 fully saturated rings. The zero-order chi connectivity index (χ0) is 15.5. The number of benzene rings is 1. The Morgan fingerprint density at radius 2 is 2.09 bits per heavy atom. The molecule has 0 heterocycles. The van der Waals surface area contributed by atoms with Crippen LogP contribution in [0.3, 0.4) is 0 Å². The SMILES string of the molecule is CC[C@]12CCC3c4cc(Cl)c(O)cc4CCC3C1CCC2=O. The number of phenolic OH excluding ortho intramolecular Hbond substituents is 1. The summed E-state index contributed by atoms with van der Waals surface area (Å²) in [5.74, 6) is 2.43. The van der Waals surface area contributed by atoms with Crippen LogP contribution >= 0.6 is 11.6 Å². The standard InChI is InChI=1S/C19H23ClO2/c1-2-19-8-7-12-13(15(19)5-6-18(19)22)4-3-11-9-17(21)16(20)10-14(11)12/h9-10,12-13,15,21H,2-8H2,1H3/t12?,13?,15?,19-/m0/s1. The van der Waals surface area contributed by atoms with Gasteiger partial charge in [-0.15, -0.1) is 0 Å². The fourth-order valence-electron chi connectivity index (χ4n) is 5.80. The van der Waals surface area contributed by atoms with Crippen molar-refractivity contribution >= 4 is 17.4 Å². The van der Waals surface area contributed by atoms with Gasteiger partial charge in [0.2, 0.25) is 0 Å². The van der Waals surface area contributed by atoms with Crippen LogP contribution in [0.15, 0.2) is 12.1 Å². The molecule has 1 aromatic carbocycles. The molecule has 1 aromatic rings. The van der Waals surface area contributed by atoms with E-state index in [2.05, 4.69) is 6.92 Å². The Kier molecular flexibility index (Phi) is 3.30. The van der Waals surface area contributed by atoms with Crippen molar-refractivity contribution in [1.82, 2.24) is 0 Å². The normalized spacial score (nSPS) is 36.6. The van der Waals surface area contributed by atoms with E-state index < -0.39 is 0 Å². The highest BCUT2D eigenvalue weighted by molar-refractivity contribution is 6.32. The first kappa shape index (κ1) is 14.6. The highest BCUT2D eigenvalue weighted by Gasteiger charge is 2.56. The highest BCUT2D eigenvalue weighted by Crippen LogP contribution is 2.61. The summed E-state index contributed by atoms with van der Waals surface area (Å²) < 4.78 is 0. The first-order valence-electron chi connectivity index (χ1n) is 8.61. The van der Waals surface area contributed by atoms with Crippen molar-refractivity contribution in [3.05, 3.63) is 28.3 Å². The summed E-state index contributed by atoms with van der Waals surface area (Å²) in [6, 6.07) is 3.84. The minimum Gasteiger partial charge on any atom is -0.506 e. The molecular weight excluding hydrogens is 296 g/mol. The molecule has 3 heteroatoms. The number of aromatic hydroxyl groups is 1. The van der Waals surface area contributed by atoms with Gasteiger partial charge in [-0.2, -0.15) is 0 Å². The van der Waals surface area contributed by atoms with Crippen LogP contribution < -0.4 is 0 Å². The summed E-state index contributed by atoms with van der Waals surface area (Å²) in [7, 11) is 0. The van der Waals surface area contributed by atoms with E-state index in [9.17, 15) is 9.90 Å². The molecule has 4 atom stereocenters. The lowest BCUT2D eigenvalue weighted by molar-refractivity contribution is -0.131. The third-order valence-electron chi connectivity index (χ3n) is 6.87. The molecule has 0 bridgehead atoms. The molecule has 2 saturated carbocycles. The smallest absolute Gasteiger partial charge is 0.139 e. The molecule has 0 spiro atoms. The Hall–Kier alpha value is -1.02.